The molecule has 0 fully saturated rings. The lowest BCUT2D eigenvalue weighted by Gasteiger charge is -2.03. The van der Waals surface area contributed by atoms with Crippen LogP contribution in [0.2, 0.25) is 0 Å². The summed E-state index contributed by atoms with van der Waals surface area (Å²) in [6.45, 7) is 1.92. The van der Waals surface area contributed by atoms with Gasteiger partial charge in [0.05, 0.1) is 4.88 Å². The van der Waals surface area contributed by atoms with E-state index < -0.39 is 0 Å². The fourth-order valence-corrected chi connectivity index (χ4v) is 3.53. The van der Waals surface area contributed by atoms with Gasteiger partial charge in [0.1, 0.15) is 0 Å². The van der Waals surface area contributed by atoms with Gasteiger partial charge in [-0.15, -0.1) is 11.3 Å². The summed E-state index contributed by atoms with van der Waals surface area (Å²) in [5.74, 6) is 0.222. The third-order valence-electron chi connectivity index (χ3n) is 3.23. The smallest absolute Gasteiger partial charge is 0.173 e. The molecule has 0 aliphatic heterocycles. The number of carbonyl (C=O) groups is 1. The Hall–Kier alpha value is -1.93. The lowest BCUT2D eigenvalue weighted by Crippen LogP contribution is -1.95. The van der Waals surface area contributed by atoms with Crippen molar-refractivity contribution in [3.63, 3.8) is 0 Å². The van der Waals surface area contributed by atoms with Crippen LogP contribution in [0.3, 0.4) is 0 Å². The Balaban J connectivity index is 2.34. The fourth-order valence-electron chi connectivity index (χ4n) is 2.29. The first-order valence-electron chi connectivity index (χ1n) is 6.41. The summed E-state index contributed by atoms with van der Waals surface area (Å²) in [4.78, 5) is 13.1. The Morgan fingerprint density at radius 2 is 1.68 bits per heavy atom. The molecule has 1 nitrogen and oxygen atoms in total. The molecule has 2 aromatic carbocycles. The quantitative estimate of drug-likeness (QED) is 0.598. The van der Waals surface area contributed by atoms with Crippen molar-refractivity contribution in [2.24, 2.45) is 0 Å². The minimum atomic E-state index is 0.222. The van der Waals surface area contributed by atoms with E-state index in [0.717, 1.165) is 16.0 Å². The molecule has 1 aromatic heterocycles. The van der Waals surface area contributed by atoms with Gasteiger partial charge in [-0.2, -0.15) is 0 Å². The number of fused-ring (bicyclic) bond motifs is 1. The minimum Gasteiger partial charge on any atom is -0.293 e. The zero-order chi connectivity index (χ0) is 13.2. The van der Waals surface area contributed by atoms with Crippen LogP contribution in [0.4, 0.5) is 0 Å². The van der Waals surface area contributed by atoms with Crippen LogP contribution in [0.15, 0.2) is 54.6 Å². The van der Waals surface area contributed by atoms with Crippen molar-refractivity contribution in [2.45, 2.75) is 13.3 Å². The van der Waals surface area contributed by atoms with E-state index in [0.29, 0.717) is 6.42 Å². The molecule has 1 heterocycles. The molecule has 3 aromatic rings. The number of ketones is 1. The molecule has 0 saturated heterocycles. The maximum atomic E-state index is 12.2. The topological polar surface area (TPSA) is 17.1 Å². The van der Waals surface area contributed by atoms with Crippen LogP contribution >= 0.6 is 11.3 Å². The predicted molar refractivity (Wildman–Crippen MR) is 81.9 cm³/mol. The molecular formula is C17H14OS. The van der Waals surface area contributed by atoms with Crippen molar-refractivity contribution >= 4 is 27.2 Å². The Bertz CT molecular complexity index is 725. The molecule has 2 heteroatoms. The van der Waals surface area contributed by atoms with E-state index in [1.54, 1.807) is 11.3 Å². The molecule has 0 radical (unpaired) electrons. The van der Waals surface area contributed by atoms with E-state index >= 15 is 0 Å². The van der Waals surface area contributed by atoms with Gasteiger partial charge in [-0.1, -0.05) is 55.5 Å². The van der Waals surface area contributed by atoms with Crippen LogP contribution in [0, 0.1) is 0 Å². The third-order valence-corrected chi connectivity index (χ3v) is 4.44. The molecule has 0 aliphatic rings. The second-order valence-electron chi connectivity index (χ2n) is 4.45. The van der Waals surface area contributed by atoms with Gasteiger partial charge in [-0.05, 0) is 11.6 Å². The van der Waals surface area contributed by atoms with Crippen LogP contribution in [-0.2, 0) is 0 Å². The van der Waals surface area contributed by atoms with E-state index in [2.05, 4.69) is 24.3 Å². The molecule has 19 heavy (non-hydrogen) atoms. The Kier molecular flexibility index (Phi) is 3.18. The van der Waals surface area contributed by atoms with E-state index in [1.165, 1.54) is 10.1 Å². The van der Waals surface area contributed by atoms with E-state index in [4.69, 9.17) is 0 Å². The summed E-state index contributed by atoms with van der Waals surface area (Å²) < 4.78 is 1.18. The second-order valence-corrected chi connectivity index (χ2v) is 5.50. The van der Waals surface area contributed by atoms with Crippen LogP contribution < -0.4 is 0 Å². The number of thiophene rings is 1. The first-order valence-corrected chi connectivity index (χ1v) is 7.23. The van der Waals surface area contributed by atoms with Gasteiger partial charge < -0.3 is 0 Å². The van der Waals surface area contributed by atoms with Crippen molar-refractivity contribution in [3.8, 4) is 11.1 Å². The van der Waals surface area contributed by atoms with Gasteiger partial charge in [0.2, 0.25) is 0 Å². The predicted octanol–water partition coefficient (Wildman–Crippen LogP) is 5.16. The summed E-state index contributed by atoms with van der Waals surface area (Å²) in [7, 11) is 0. The van der Waals surface area contributed by atoms with Crippen molar-refractivity contribution in [1.29, 1.82) is 0 Å². The lowest BCUT2D eigenvalue weighted by molar-refractivity contribution is 0.0992. The second kappa shape index (κ2) is 4.98. The van der Waals surface area contributed by atoms with Gasteiger partial charge in [0, 0.05) is 22.1 Å². The Labute approximate surface area is 116 Å². The number of hydrogen-bond acceptors (Lipinski definition) is 2. The van der Waals surface area contributed by atoms with Gasteiger partial charge in [-0.25, -0.2) is 0 Å². The van der Waals surface area contributed by atoms with Gasteiger partial charge in [0.25, 0.3) is 0 Å². The molecule has 0 bridgehead atoms. The van der Waals surface area contributed by atoms with Crippen LogP contribution in [0.25, 0.3) is 21.2 Å². The van der Waals surface area contributed by atoms with Gasteiger partial charge in [-0.3, -0.25) is 4.79 Å². The fraction of sp³-hybridized carbons (Fsp3) is 0.118. The number of Topliss-reactive ketones (excluding diaryl/α,β-unsaturated/α-hetero) is 1. The molecule has 3 rings (SSSR count). The summed E-state index contributed by atoms with van der Waals surface area (Å²) in [5, 5.41) is 1.18. The maximum Gasteiger partial charge on any atom is 0.173 e. The molecule has 0 saturated carbocycles. The van der Waals surface area contributed by atoms with E-state index in [1.807, 2.05) is 37.3 Å². The summed E-state index contributed by atoms with van der Waals surface area (Å²) >= 11 is 1.60. The van der Waals surface area contributed by atoms with Crippen molar-refractivity contribution in [1.82, 2.24) is 0 Å². The van der Waals surface area contributed by atoms with Crippen LogP contribution in [0.1, 0.15) is 23.0 Å². The molecule has 0 N–H and O–H groups in total. The zero-order valence-electron chi connectivity index (χ0n) is 10.7. The average Bonchev–Trinajstić information content (AvgIpc) is 2.86. The van der Waals surface area contributed by atoms with Crippen LogP contribution in [0.5, 0.6) is 0 Å². The number of rotatable bonds is 3. The first-order chi connectivity index (χ1) is 9.31. The van der Waals surface area contributed by atoms with Crippen molar-refractivity contribution in [2.75, 3.05) is 0 Å². The summed E-state index contributed by atoms with van der Waals surface area (Å²) in [6.07, 6.45) is 0.548. The molecule has 0 amide bonds. The van der Waals surface area contributed by atoms with E-state index in [-0.39, 0.29) is 5.78 Å². The third kappa shape index (κ3) is 2.08. The highest BCUT2D eigenvalue weighted by Crippen LogP contribution is 2.39. The average molecular weight is 266 g/mol. The van der Waals surface area contributed by atoms with Crippen molar-refractivity contribution < 1.29 is 4.79 Å². The number of benzene rings is 2. The molecular weight excluding hydrogens is 252 g/mol. The maximum absolute atomic E-state index is 12.2. The normalized spacial score (nSPS) is 10.8. The lowest BCUT2D eigenvalue weighted by atomic mass is 10.00. The number of hydrogen-bond donors (Lipinski definition) is 0. The monoisotopic (exact) mass is 266 g/mol. The summed E-state index contributed by atoms with van der Waals surface area (Å²) in [5.41, 5.74) is 2.21. The largest absolute Gasteiger partial charge is 0.293 e. The Morgan fingerprint density at radius 3 is 2.42 bits per heavy atom. The highest BCUT2D eigenvalue weighted by Gasteiger charge is 2.17. The molecule has 94 valence electrons. The zero-order valence-corrected chi connectivity index (χ0v) is 11.5. The molecule has 0 atom stereocenters. The highest BCUT2D eigenvalue weighted by atomic mass is 32.1. The minimum absolute atomic E-state index is 0.222. The molecule has 0 spiro atoms. The molecule has 0 unspecified atom stereocenters. The van der Waals surface area contributed by atoms with E-state index in [9.17, 15) is 4.79 Å². The standard InChI is InChI=1S/C17H14OS/c1-2-14(18)17-16(12-8-4-3-5-9-12)13-10-6-7-11-15(13)19-17/h3-11H,2H2,1H3. The first kappa shape index (κ1) is 12.1. The molecule has 0 aliphatic carbocycles. The van der Waals surface area contributed by atoms with Crippen molar-refractivity contribution in [3.05, 3.63) is 59.5 Å². The van der Waals surface area contributed by atoms with Gasteiger partial charge >= 0.3 is 0 Å². The Morgan fingerprint density at radius 1 is 1.00 bits per heavy atom. The number of carbonyl (C=O) groups excluding carboxylic acids is 1. The van der Waals surface area contributed by atoms with Crippen LogP contribution in [-0.4, -0.2) is 5.78 Å². The van der Waals surface area contributed by atoms with Gasteiger partial charge in [0.15, 0.2) is 5.78 Å². The SMILES string of the molecule is CCC(=O)c1sc2ccccc2c1-c1ccccc1. The summed E-state index contributed by atoms with van der Waals surface area (Å²) in [6, 6.07) is 18.4. The highest BCUT2D eigenvalue weighted by molar-refractivity contribution is 7.21.